The molecule has 9 heteroatoms. The van der Waals surface area contributed by atoms with Gasteiger partial charge in [-0.3, -0.25) is 14.4 Å². The zero-order valence-corrected chi connectivity index (χ0v) is 18.2. The second-order valence-corrected chi connectivity index (χ2v) is 9.95. The lowest BCUT2D eigenvalue weighted by molar-refractivity contribution is -0.153. The first kappa shape index (κ1) is 21.5. The van der Waals surface area contributed by atoms with Crippen molar-refractivity contribution in [2.75, 3.05) is 25.1 Å². The van der Waals surface area contributed by atoms with E-state index < -0.39 is 22.6 Å². The van der Waals surface area contributed by atoms with Crippen LogP contribution < -0.4 is 5.32 Å². The number of benzene rings is 1. The minimum absolute atomic E-state index is 0.0103. The molecule has 1 aromatic rings. The number of carbonyl (C=O) groups excluding carboxylic acids is 3. The molecule has 0 saturated carbocycles. The number of hydrogen-bond donors (Lipinski definition) is 2. The fraction of sp³-hybridized carbons (Fsp3) is 0.571. The van der Waals surface area contributed by atoms with Crippen molar-refractivity contribution in [3.63, 3.8) is 0 Å². The van der Waals surface area contributed by atoms with Gasteiger partial charge >= 0.3 is 5.97 Å². The Bertz CT molecular complexity index is 850. The summed E-state index contributed by atoms with van der Waals surface area (Å²) in [6.45, 7) is 2.20. The molecule has 2 unspecified atom stereocenters. The molecule has 2 amide bonds. The highest BCUT2D eigenvalue weighted by Gasteiger charge is 2.73. The molecule has 3 heterocycles. The molecule has 3 saturated heterocycles. The number of esters is 1. The number of ether oxygens (including phenoxy) is 1. The third-order valence-corrected chi connectivity index (χ3v) is 8.48. The van der Waals surface area contributed by atoms with E-state index in [9.17, 15) is 19.5 Å². The summed E-state index contributed by atoms with van der Waals surface area (Å²) >= 11 is 7.53. The van der Waals surface area contributed by atoms with Crippen molar-refractivity contribution in [2.45, 2.75) is 42.2 Å². The molecule has 1 spiro atoms. The predicted octanol–water partition coefficient (Wildman–Crippen LogP) is 2.32. The number of amides is 2. The average Bonchev–Trinajstić information content (AvgIpc) is 3.35. The summed E-state index contributed by atoms with van der Waals surface area (Å²) in [5.41, 5.74) is 0.596. The Labute approximate surface area is 184 Å². The van der Waals surface area contributed by atoms with Gasteiger partial charge in [0.1, 0.15) is 6.04 Å². The minimum atomic E-state index is -0.702. The summed E-state index contributed by atoms with van der Waals surface area (Å²) in [4.78, 5) is 41.1. The molecular formula is C21H25ClN2O5S. The first-order chi connectivity index (χ1) is 14.4. The molecule has 30 heavy (non-hydrogen) atoms. The van der Waals surface area contributed by atoms with Gasteiger partial charge in [0.25, 0.3) is 0 Å². The van der Waals surface area contributed by atoms with Crippen LogP contribution in [0.3, 0.4) is 0 Å². The fourth-order valence-electron chi connectivity index (χ4n) is 5.19. The minimum Gasteiger partial charge on any atom is -0.466 e. The maximum absolute atomic E-state index is 13.4. The number of halogens is 1. The lowest BCUT2D eigenvalue weighted by Gasteiger charge is -2.34. The monoisotopic (exact) mass is 452 g/mol. The van der Waals surface area contributed by atoms with Gasteiger partial charge in [-0.25, -0.2) is 0 Å². The third-order valence-electron chi connectivity index (χ3n) is 6.28. The lowest BCUT2D eigenvalue weighted by atomic mass is 9.71. The number of likely N-dealkylation sites (tertiary alicyclic amines) is 1. The topological polar surface area (TPSA) is 95.9 Å². The highest BCUT2D eigenvalue weighted by atomic mass is 35.5. The first-order valence-corrected chi connectivity index (χ1v) is 11.5. The van der Waals surface area contributed by atoms with E-state index >= 15 is 0 Å². The molecule has 0 aromatic heterocycles. The van der Waals surface area contributed by atoms with Crippen molar-refractivity contribution in [3.8, 4) is 0 Å². The van der Waals surface area contributed by atoms with Gasteiger partial charge in [0.2, 0.25) is 11.8 Å². The van der Waals surface area contributed by atoms with Crippen LogP contribution in [0.1, 0.15) is 26.2 Å². The first-order valence-electron chi connectivity index (χ1n) is 10.2. The van der Waals surface area contributed by atoms with Crippen molar-refractivity contribution in [1.29, 1.82) is 0 Å². The van der Waals surface area contributed by atoms with Crippen LogP contribution in [0.4, 0.5) is 5.69 Å². The van der Waals surface area contributed by atoms with Gasteiger partial charge < -0.3 is 20.1 Å². The number of carbonyl (C=O) groups is 3. The van der Waals surface area contributed by atoms with E-state index in [4.69, 9.17) is 16.3 Å². The smallest absolute Gasteiger partial charge is 0.310 e. The number of rotatable bonds is 7. The molecule has 3 aliphatic rings. The Morgan fingerprint density at radius 1 is 1.37 bits per heavy atom. The summed E-state index contributed by atoms with van der Waals surface area (Å²) in [7, 11) is 0. The molecule has 0 aliphatic carbocycles. The van der Waals surface area contributed by atoms with Crippen LogP contribution >= 0.6 is 23.4 Å². The second kappa shape index (κ2) is 8.40. The van der Waals surface area contributed by atoms with Gasteiger partial charge in [0.15, 0.2) is 0 Å². The Hall–Kier alpha value is -1.77. The van der Waals surface area contributed by atoms with Crippen LogP contribution in [-0.2, 0) is 19.1 Å². The van der Waals surface area contributed by atoms with E-state index in [-0.39, 0.29) is 42.8 Å². The van der Waals surface area contributed by atoms with Gasteiger partial charge in [0.05, 0.1) is 23.2 Å². The Kier molecular flexibility index (Phi) is 6.01. The number of anilines is 1. The van der Waals surface area contributed by atoms with Gasteiger partial charge in [-0.1, -0.05) is 11.6 Å². The van der Waals surface area contributed by atoms with E-state index in [0.29, 0.717) is 23.6 Å². The van der Waals surface area contributed by atoms with Crippen molar-refractivity contribution < 1.29 is 24.2 Å². The Balaban J connectivity index is 1.66. The molecule has 2 N–H and O–H groups in total. The number of thioether (sulfide) groups is 1. The normalized spacial score (nSPS) is 31.7. The van der Waals surface area contributed by atoms with E-state index in [1.165, 1.54) is 0 Å². The zero-order valence-electron chi connectivity index (χ0n) is 16.7. The number of hydrogen-bond acceptors (Lipinski definition) is 6. The number of aliphatic hydroxyl groups excluding tert-OH is 1. The number of aliphatic hydroxyl groups is 1. The molecule has 3 aliphatic heterocycles. The van der Waals surface area contributed by atoms with Crippen molar-refractivity contribution >= 4 is 46.8 Å². The zero-order chi connectivity index (χ0) is 21.5. The van der Waals surface area contributed by atoms with Crippen LogP contribution in [0.5, 0.6) is 0 Å². The Morgan fingerprint density at radius 2 is 2.10 bits per heavy atom. The number of nitrogens with zero attached hydrogens (tertiary/aromatic N) is 1. The van der Waals surface area contributed by atoms with Crippen molar-refractivity contribution in [2.24, 2.45) is 11.8 Å². The highest BCUT2D eigenvalue weighted by molar-refractivity contribution is 8.02. The molecule has 162 valence electrons. The fourth-order valence-corrected chi connectivity index (χ4v) is 7.52. The molecule has 5 atom stereocenters. The summed E-state index contributed by atoms with van der Waals surface area (Å²) in [6, 6.07) is 6.10. The maximum atomic E-state index is 13.4. The van der Waals surface area contributed by atoms with Gasteiger partial charge in [-0.15, -0.1) is 11.8 Å². The summed E-state index contributed by atoms with van der Waals surface area (Å²) in [6.07, 6.45) is 1.84. The second-order valence-electron chi connectivity index (χ2n) is 7.91. The standard InChI is InChI=1S/C21H25ClN2O5S/c1-2-29-20(28)15-14-8-9-21(30-14)16(15)19(27)24(10-3-11-25)17(21)18(26)23-13-6-4-12(22)5-7-13/h4-7,14-17,25H,2-3,8-11H2,1H3,(H,23,26)/t14-,15+,16+,17?,21?/m1/s1. The third kappa shape index (κ3) is 3.39. The quantitative estimate of drug-likeness (QED) is 0.616. The van der Waals surface area contributed by atoms with Crippen LogP contribution in [-0.4, -0.2) is 63.6 Å². The number of fused-ring (bicyclic) bond motifs is 1. The Morgan fingerprint density at radius 3 is 2.77 bits per heavy atom. The van der Waals surface area contributed by atoms with Gasteiger partial charge in [-0.2, -0.15) is 0 Å². The number of nitrogens with one attached hydrogen (secondary N) is 1. The van der Waals surface area contributed by atoms with Crippen LogP contribution in [0.2, 0.25) is 5.02 Å². The summed E-state index contributed by atoms with van der Waals surface area (Å²) < 4.78 is 4.63. The molecule has 0 radical (unpaired) electrons. The molecule has 4 rings (SSSR count). The van der Waals surface area contributed by atoms with Crippen LogP contribution in [0.25, 0.3) is 0 Å². The lowest BCUT2D eigenvalue weighted by Crippen LogP contribution is -2.51. The largest absolute Gasteiger partial charge is 0.466 e. The van der Waals surface area contributed by atoms with E-state index in [1.54, 1.807) is 47.9 Å². The van der Waals surface area contributed by atoms with Gasteiger partial charge in [-0.05, 0) is 50.5 Å². The van der Waals surface area contributed by atoms with E-state index in [1.807, 2.05) is 0 Å². The van der Waals surface area contributed by atoms with Gasteiger partial charge in [0, 0.05) is 29.1 Å². The summed E-state index contributed by atoms with van der Waals surface area (Å²) in [5, 5.41) is 12.8. The van der Waals surface area contributed by atoms with E-state index in [2.05, 4.69) is 5.32 Å². The molecule has 7 nitrogen and oxygen atoms in total. The van der Waals surface area contributed by atoms with Crippen LogP contribution in [0.15, 0.2) is 24.3 Å². The van der Waals surface area contributed by atoms with E-state index in [0.717, 1.165) is 6.42 Å². The molecule has 3 fully saturated rings. The molecule has 1 aromatic carbocycles. The average molecular weight is 453 g/mol. The maximum Gasteiger partial charge on any atom is 0.310 e. The SMILES string of the molecule is CCOC(=O)[C@@H]1[C@H]2C(=O)N(CCCO)C(C(=O)Nc3ccc(Cl)cc3)C23CC[C@H]1S3. The van der Waals surface area contributed by atoms with Crippen LogP contribution in [0, 0.1) is 11.8 Å². The van der Waals surface area contributed by atoms with Crippen molar-refractivity contribution in [3.05, 3.63) is 29.3 Å². The molecular weight excluding hydrogens is 428 g/mol. The predicted molar refractivity (Wildman–Crippen MR) is 114 cm³/mol. The summed E-state index contributed by atoms with van der Waals surface area (Å²) in [5.74, 6) is -1.91. The molecule has 2 bridgehead atoms. The van der Waals surface area contributed by atoms with Crippen molar-refractivity contribution in [1.82, 2.24) is 4.90 Å². The highest BCUT2D eigenvalue weighted by Crippen LogP contribution is 2.66.